The third-order valence-corrected chi connectivity index (χ3v) is 5.94. The smallest absolute Gasteiger partial charge is 0.247 e. The fourth-order valence-electron chi connectivity index (χ4n) is 4.14. The van der Waals surface area contributed by atoms with Crippen LogP contribution in [0.5, 0.6) is 5.75 Å². The van der Waals surface area contributed by atoms with Gasteiger partial charge in [0.15, 0.2) is 0 Å². The fourth-order valence-corrected chi connectivity index (χ4v) is 4.14. The normalized spacial score (nSPS) is 14.2. The number of hydrogen-bond acceptors (Lipinski definition) is 3. The van der Waals surface area contributed by atoms with Gasteiger partial charge in [0.25, 0.3) is 0 Å². The minimum atomic E-state index is -0.675. The van der Waals surface area contributed by atoms with Crippen molar-refractivity contribution in [1.29, 1.82) is 0 Å². The lowest BCUT2D eigenvalue weighted by atomic mass is 9.97. The number of hydrogen-bond donors (Lipinski definition) is 1. The Morgan fingerprint density at radius 1 is 1.06 bits per heavy atom. The molecule has 1 aliphatic rings. The van der Waals surface area contributed by atoms with Gasteiger partial charge >= 0.3 is 0 Å². The summed E-state index contributed by atoms with van der Waals surface area (Å²) in [7, 11) is 1.63. The first-order valence-electron chi connectivity index (χ1n) is 11.5. The van der Waals surface area contributed by atoms with Crippen molar-refractivity contribution in [2.75, 3.05) is 13.7 Å². The Bertz CT molecular complexity index is 906. The molecule has 0 radical (unpaired) electrons. The summed E-state index contributed by atoms with van der Waals surface area (Å²) in [5, 5.41) is 3.10. The van der Waals surface area contributed by atoms with Crippen LogP contribution in [0.4, 0.5) is 0 Å². The van der Waals surface area contributed by atoms with Crippen molar-refractivity contribution in [3.63, 3.8) is 0 Å². The van der Waals surface area contributed by atoms with Crippen molar-refractivity contribution >= 4 is 11.8 Å². The number of nitrogens with one attached hydrogen (secondary N) is 1. The van der Waals surface area contributed by atoms with Gasteiger partial charge in [-0.2, -0.15) is 0 Å². The van der Waals surface area contributed by atoms with Gasteiger partial charge in [0.1, 0.15) is 11.8 Å². The standard InChI is InChI=1S/C27H34N2O3/c1-3-25(30)29(20-22-14-16-24(32-2)17-15-22)26(23-12-8-5-9-13-23)27(31)28-19-18-21-10-6-4-7-11-21/h5,8-10,12-17,26H,3-4,6-7,11,18-20H2,1-2H3,(H,28,31)/t26-/m0/s1. The summed E-state index contributed by atoms with van der Waals surface area (Å²) in [5.41, 5.74) is 3.19. The predicted octanol–water partition coefficient (Wildman–Crippen LogP) is 5.18. The second-order valence-corrected chi connectivity index (χ2v) is 8.19. The molecule has 3 rings (SSSR count). The number of allylic oxidation sites excluding steroid dienone is 1. The van der Waals surface area contributed by atoms with E-state index in [-0.39, 0.29) is 11.8 Å². The summed E-state index contributed by atoms with van der Waals surface area (Å²) in [5.74, 6) is 0.569. The van der Waals surface area contributed by atoms with E-state index in [2.05, 4.69) is 11.4 Å². The zero-order chi connectivity index (χ0) is 22.8. The second kappa shape index (κ2) is 12.1. The van der Waals surface area contributed by atoms with E-state index < -0.39 is 6.04 Å². The number of nitrogens with zero attached hydrogens (tertiary/aromatic N) is 1. The highest BCUT2D eigenvalue weighted by atomic mass is 16.5. The summed E-state index contributed by atoms with van der Waals surface area (Å²) in [4.78, 5) is 28.1. The molecule has 5 nitrogen and oxygen atoms in total. The molecule has 5 heteroatoms. The predicted molar refractivity (Wildman–Crippen MR) is 127 cm³/mol. The van der Waals surface area contributed by atoms with Crippen LogP contribution in [0.15, 0.2) is 66.2 Å². The van der Waals surface area contributed by atoms with Crippen LogP contribution in [-0.2, 0) is 16.1 Å². The lowest BCUT2D eigenvalue weighted by Gasteiger charge is -2.31. The summed E-state index contributed by atoms with van der Waals surface area (Å²) >= 11 is 0. The van der Waals surface area contributed by atoms with Gasteiger partial charge in [-0.05, 0) is 55.4 Å². The molecule has 0 heterocycles. The Kier molecular flexibility index (Phi) is 8.90. The van der Waals surface area contributed by atoms with Gasteiger partial charge < -0.3 is 15.0 Å². The number of methoxy groups -OCH3 is 1. The first kappa shape index (κ1) is 23.6. The summed E-state index contributed by atoms with van der Waals surface area (Å²) in [6.45, 7) is 2.78. The van der Waals surface area contributed by atoms with Crippen molar-refractivity contribution in [1.82, 2.24) is 10.2 Å². The Hall–Kier alpha value is -3.08. The third-order valence-electron chi connectivity index (χ3n) is 5.94. The van der Waals surface area contributed by atoms with Crippen LogP contribution in [-0.4, -0.2) is 30.4 Å². The van der Waals surface area contributed by atoms with E-state index in [1.807, 2.05) is 61.5 Å². The van der Waals surface area contributed by atoms with E-state index in [0.29, 0.717) is 19.5 Å². The van der Waals surface area contributed by atoms with Gasteiger partial charge in [0, 0.05) is 19.5 Å². The van der Waals surface area contributed by atoms with Gasteiger partial charge in [-0.15, -0.1) is 0 Å². The zero-order valence-corrected chi connectivity index (χ0v) is 19.2. The molecule has 2 aromatic carbocycles. The van der Waals surface area contributed by atoms with Crippen LogP contribution in [0.3, 0.4) is 0 Å². The van der Waals surface area contributed by atoms with Crippen molar-refractivity contribution in [3.8, 4) is 5.75 Å². The SMILES string of the molecule is CCC(=O)N(Cc1ccc(OC)cc1)[C@H](C(=O)NCCC1=CCCCC1)c1ccccc1. The first-order chi connectivity index (χ1) is 15.6. The van der Waals surface area contributed by atoms with Crippen molar-refractivity contribution in [3.05, 3.63) is 77.4 Å². The lowest BCUT2D eigenvalue weighted by molar-refractivity contribution is -0.141. The molecule has 0 aromatic heterocycles. The van der Waals surface area contributed by atoms with Gasteiger partial charge in [-0.25, -0.2) is 0 Å². The molecule has 2 amide bonds. The summed E-state index contributed by atoms with van der Waals surface area (Å²) in [6, 6.07) is 16.5. The molecule has 2 aromatic rings. The number of amides is 2. The maximum atomic E-state index is 13.4. The molecule has 1 aliphatic carbocycles. The Morgan fingerprint density at radius 2 is 1.81 bits per heavy atom. The van der Waals surface area contributed by atoms with Crippen LogP contribution in [0.2, 0.25) is 0 Å². The van der Waals surface area contributed by atoms with Crippen LogP contribution in [0, 0.1) is 0 Å². The van der Waals surface area contributed by atoms with Crippen LogP contribution in [0.1, 0.15) is 62.6 Å². The molecular weight excluding hydrogens is 400 g/mol. The van der Waals surface area contributed by atoms with Gasteiger partial charge in [0.05, 0.1) is 7.11 Å². The highest BCUT2D eigenvalue weighted by Crippen LogP contribution is 2.26. The van der Waals surface area contributed by atoms with Crippen LogP contribution >= 0.6 is 0 Å². The number of carbonyl (C=O) groups is 2. The molecule has 32 heavy (non-hydrogen) atoms. The molecule has 1 N–H and O–H groups in total. The summed E-state index contributed by atoms with van der Waals surface area (Å²) < 4.78 is 5.24. The fraction of sp³-hybridized carbons (Fsp3) is 0.407. The quantitative estimate of drug-likeness (QED) is 0.524. The highest BCUT2D eigenvalue weighted by Gasteiger charge is 2.30. The Balaban J connectivity index is 1.80. The average Bonchev–Trinajstić information content (AvgIpc) is 2.85. The van der Waals surface area contributed by atoms with Crippen molar-refractivity contribution in [2.45, 2.75) is 58.0 Å². The average molecular weight is 435 g/mol. The Morgan fingerprint density at radius 3 is 2.44 bits per heavy atom. The van der Waals surface area contributed by atoms with E-state index in [1.165, 1.54) is 18.4 Å². The third kappa shape index (κ3) is 6.46. The first-order valence-corrected chi connectivity index (χ1v) is 11.5. The van der Waals surface area contributed by atoms with E-state index >= 15 is 0 Å². The molecule has 0 fully saturated rings. The van der Waals surface area contributed by atoms with Gasteiger partial charge in [0.2, 0.25) is 11.8 Å². The summed E-state index contributed by atoms with van der Waals surface area (Å²) in [6.07, 6.45) is 8.25. The van der Waals surface area contributed by atoms with Gasteiger partial charge in [-0.1, -0.05) is 61.0 Å². The molecular formula is C27H34N2O3. The van der Waals surface area contributed by atoms with Crippen molar-refractivity contribution in [2.24, 2.45) is 0 Å². The molecule has 170 valence electrons. The number of ether oxygens (including phenoxy) is 1. The number of rotatable bonds is 10. The second-order valence-electron chi connectivity index (χ2n) is 8.19. The maximum absolute atomic E-state index is 13.4. The van der Waals surface area contributed by atoms with Gasteiger partial charge in [-0.3, -0.25) is 9.59 Å². The van der Waals surface area contributed by atoms with E-state index in [1.54, 1.807) is 12.0 Å². The zero-order valence-electron chi connectivity index (χ0n) is 19.2. The number of carbonyl (C=O) groups excluding carboxylic acids is 2. The molecule has 0 saturated heterocycles. The topological polar surface area (TPSA) is 58.6 Å². The van der Waals surface area contributed by atoms with E-state index in [4.69, 9.17) is 4.74 Å². The van der Waals surface area contributed by atoms with E-state index in [0.717, 1.165) is 36.1 Å². The molecule has 0 unspecified atom stereocenters. The molecule has 0 saturated carbocycles. The minimum absolute atomic E-state index is 0.0557. The highest BCUT2D eigenvalue weighted by molar-refractivity contribution is 5.88. The molecule has 1 atom stereocenters. The lowest BCUT2D eigenvalue weighted by Crippen LogP contribution is -2.43. The monoisotopic (exact) mass is 434 g/mol. The minimum Gasteiger partial charge on any atom is -0.497 e. The Labute approximate surface area is 191 Å². The van der Waals surface area contributed by atoms with Crippen molar-refractivity contribution < 1.29 is 14.3 Å². The molecule has 0 aliphatic heterocycles. The van der Waals surface area contributed by atoms with E-state index in [9.17, 15) is 9.59 Å². The van der Waals surface area contributed by atoms with Crippen LogP contribution in [0.25, 0.3) is 0 Å². The molecule has 0 spiro atoms. The molecule has 0 bridgehead atoms. The van der Waals surface area contributed by atoms with Crippen LogP contribution < -0.4 is 10.1 Å². The largest absolute Gasteiger partial charge is 0.497 e. The number of benzene rings is 2. The maximum Gasteiger partial charge on any atom is 0.247 e.